The summed E-state index contributed by atoms with van der Waals surface area (Å²) in [6, 6.07) is 1.16. The number of fused-ring (bicyclic) bond motifs is 1. The Morgan fingerprint density at radius 3 is 2.64 bits per heavy atom. The van der Waals surface area contributed by atoms with Crippen molar-refractivity contribution in [2.24, 2.45) is 5.73 Å². The highest BCUT2D eigenvalue weighted by molar-refractivity contribution is 5.93. The first-order chi connectivity index (χ1) is 13.0. The molecule has 0 saturated carbocycles. The summed E-state index contributed by atoms with van der Waals surface area (Å²) in [4.78, 5) is 31.5. The van der Waals surface area contributed by atoms with Crippen molar-refractivity contribution in [2.45, 2.75) is 58.7 Å². The monoisotopic (exact) mass is 390 g/mol. The molecule has 1 fully saturated rings. The SMILES string of the molecule is CCOC(=O)c1cn(C(C)(C)C)c2nc(N3C[C@H](N)C[C@@H]3C)c(F)cc2c1=O. The standard InChI is InChI=1S/C20H27FN4O3/c1-6-28-19(27)14-10-25(20(3,4)5)17-13(16(14)26)8-15(21)18(23-17)24-9-12(22)7-11(24)2/h8,10-12H,6-7,9,22H2,1-5H3/t11-,12+/m0/s1. The second-order valence-corrected chi connectivity index (χ2v) is 8.30. The van der Waals surface area contributed by atoms with Crippen LogP contribution in [-0.4, -0.2) is 40.8 Å². The quantitative estimate of drug-likeness (QED) is 0.810. The van der Waals surface area contributed by atoms with Crippen molar-refractivity contribution in [2.75, 3.05) is 18.1 Å². The Morgan fingerprint density at radius 1 is 1.43 bits per heavy atom. The van der Waals surface area contributed by atoms with Gasteiger partial charge in [0.2, 0.25) is 5.43 Å². The molecule has 3 rings (SSSR count). The zero-order valence-corrected chi connectivity index (χ0v) is 17.0. The van der Waals surface area contributed by atoms with Gasteiger partial charge in [0.1, 0.15) is 11.2 Å². The fourth-order valence-electron chi connectivity index (χ4n) is 3.65. The number of ether oxygens (including phenoxy) is 1. The van der Waals surface area contributed by atoms with Crippen molar-refractivity contribution in [1.82, 2.24) is 9.55 Å². The van der Waals surface area contributed by atoms with Crippen LogP contribution in [0.1, 0.15) is 51.4 Å². The van der Waals surface area contributed by atoms with Gasteiger partial charge in [-0.2, -0.15) is 0 Å². The van der Waals surface area contributed by atoms with E-state index in [9.17, 15) is 14.0 Å². The van der Waals surface area contributed by atoms with Crippen LogP contribution < -0.4 is 16.1 Å². The normalized spacial score (nSPS) is 20.0. The number of carbonyl (C=O) groups excluding carboxylic acids is 1. The highest BCUT2D eigenvalue weighted by Crippen LogP contribution is 2.29. The summed E-state index contributed by atoms with van der Waals surface area (Å²) in [5.74, 6) is -1.16. The van der Waals surface area contributed by atoms with Gasteiger partial charge in [0.05, 0.1) is 12.0 Å². The van der Waals surface area contributed by atoms with Crippen LogP contribution in [0.25, 0.3) is 11.0 Å². The van der Waals surface area contributed by atoms with Crippen LogP contribution in [-0.2, 0) is 10.3 Å². The Kier molecular flexibility index (Phi) is 5.18. The highest BCUT2D eigenvalue weighted by Gasteiger charge is 2.31. The molecule has 0 amide bonds. The largest absolute Gasteiger partial charge is 0.462 e. The Hall–Kier alpha value is -2.48. The molecule has 2 N–H and O–H groups in total. The molecule has 2 aromatic heterocycles. The topological polar surface area (TPSA) is 90.5 Å². The number of hydrogen-bond donors (Lipinski definition) is 1. The van der Waals surface area contributed by atoms with Crippen LogP contribution in [0.15, 0.2) is 17.1 Å². The summed E-state index contributed by atoms with van der Waals surface area (Å²) in [5, 5.41) is 0.0536. The number of anilines is 1. The predicted octanol–water partition coefficient (Wildman–Crippen LogP) is 2.39. The van der Waals surface area contributed by atoms with Crippen molar-refractivity contribution in [3.05, 3.63) is 33.9 Å². The summed E-state index contributed by atoms with van der Waals surface area (Å²) < 4.78 is 21.7. The number of esters is 1. The number of rotatable bonds is 3. The fraction of sp³-hybridized carbons (Fsp3) is 0.550. The van der Waals surface area contributed by atoms with E-state index in [-0.39, 0.29) is 35.5 Å². The van der Waals surface area contributed by atoms with Crippen LogP contribution in [0.3, 0.4) is 0 Å². The van der Waals surface area contributed by atoms with Crippen molar-refractivity contribution in [1.29, 1.82) is 0 Å². The summed E-state index contributed by atoms with van der Waals surface area (Å²) >= 11 is 0. The Bertz CT molecular complexity index is 980. The van der Waals surface area contributed by atoms with Crippen LogP contribution in [0.5, 0.6) is 0 Å². The second-order valence-electron chi connectivity index (χ2n) is 8.30. The minimum atomic E-state index is -0.726. The molecule has 1 saturated heterocycles. The molecule has 1 aliphatic rings. The van der Waals surface area contributed by atoms with Gasteiger partial charge in [-0.1, -0.05) is 0 Å². The van der Waals surface area contributed by atoms with Gasteiger partial charge >= 0.3 is 5.97 Å². The number of pyridine rings is 2. The minimum absolute atomic E-state index is 0.0445. The van der Waals surface area contributed by atoms with Crippen LogP contribution in [0, 0.1) is 5.82 Å². The van der Waals surface area contributed by atoms with Gasteiger partial charge in [-0.05, 0) is 47.1 Å². The molecule has 7 nitrogen and oxygen atoms in total. The van der Waals surface area contributed by atoms with Gasteiger partial charge in [-0.25, -0.2) is 14.2 Å². The smallest absolute Gasteiger partial charge is 0.343 e. The zero-order valence-electron chi connectivity index (χ0n) is 17.0. The number of nitrogens with zero attached hydrogens (tertiary/aromatic N) is 3. The molecule has 0 aromatic carbocycles. The Morgan fingerprint density at radius 2 is 2.11 bits per heavy atom. The van der Waals surface area contributed by atoms with E-state index in [4.69, 9.17) is 10.5 Å². The zero-order chi connectivity index (χ0) is 20.8. The van der Waals surface area contributed by atoms with Gasteiger partial charge < -0.3 is 19.9 Å². The van der Waals surface area contributed by atoms with Gasteiger partial charge in [0.15, 0.2) is 11.6 Å². The molecule has 0 spiro atoms. The van der Waals surface area contributed by atoms with E-state index in [1.165, 1.54) is 12.3 Å². The van der Waals surface area contributed by atoms with Crippen LogP contribution >= 0.6 is 0 Å². The van der Waals surface area contributed by atoms with E-state index in [1.54, 1.807) is 11.5 Å². The molecular weight excluding hydrogens is 363 g/mol. The molecule has 0 radical (unpaired) electrons. The van der Waals surface area contributed by atoms with Gasteiger partial charge in [-0.15, -0.1) is 0 Å². The molecule has 0 bridgehead atoms. The maximum absolute atomic E-state index is 15.0. The first kappa shape index (κ1) is 20.3. The average Bonchev–Trinajstić information content (AvgIpc) is 2.92. The van der Waals surface area contributed by atoms with E-state index >= 15 is 0 Å². The molecule has 2 atom stereocenters. The van der Waals surface area contributed by atoms with Gasteiger partial charge in [-0.3, -0.25) is 4.79 Å². The molecular formula is C20H27FN4O3. The summed E-state index contributed by atoms with van der Waals surface area (Å²) in [6.45, 7) is 10.0. The summed E-state index contributed by atoms with van der Waals surface area (Å²) in [5.41, 5.74) is 5.14. The number of aromatic nitrogens is 2. The van der Waals surface area contributed by atoms with Gasteiger partial charge in [0.25, 0.3) is 0 Å². The second kappa shape index (κ2) is 7.16. The first-order valence-electron chi connectivity index (χ1n) is 9.50. The van der Waals surface area contributed by atoms with Crippen LogP contribution in [0.4, 0.5) is 10.2 Å². The number of nitrogens with two attached hydrogens (primary N) is 1. The maximum Gasteiger partial charge on any atom is 0.343 e. The molecule has 28 heavy (non-hydrogen) atoms. The lowest BCUT2D eigenvalue weighted by molar-refractivity contribution is 0.0524. The highest BCUT2D eigenvalue weighted by atomic mass is 19.1. The molecule has 8 heteroatoms. The summed E-state index contributed by atoms with van der Waals surface area (Å²) in [6.07, 6.45) is 2.20. The number of hydrogen-bond acceptors (Lipinski definition) is 6. The van der Waals surface area contributed by atoms with Crippen molar-refractivity contribution in [3.8, 4) is 0 Å². The minimum Gasteiger partial charge on any atom is -0.462 e. The average molecular weight is 390 g/mol. The van der Waals surface area contributed by atoms with E-state index in [2.05, 4.69) is 4.98 Å². The molecule has 0 unspecified atom stereocenters. The lowest BCUT2D eigenvalue weighted by atomic mass is 10.1. The Labute approximate surface area is 163 Å². The van der Waals surface area contributed by atoms with E-state index in [1.807, 2.05) is 32.6 Å². The molecule has 3 heterocycles. The van der Waals surface area contributed by atoms with Crippen LogP contribution in [0.2, 0.25) is 0 Å². The lowest BCUT2D eigenvalue weighted by Gasteiger charge is -2.28. The third-order valence-corrected chi connectivity index (χ3v) is 5.01. The molecule has 152 valence electrons. The Balaban J connectivity index is 2.29. The van der Waals surface area contributed by atoms with E-state index in [0.717, 1.165) is 6.42 Å². The number of halogens is 1. The van der Waals surface area contributed by atoms with Crippen molar-refractivity contribution < 1.29 is 13.9 Å². The molecule has 0 aliphatic carbocycles. The molecule has 1 aliphatic heterocycles. The number of carbonyl (C=O) groups is 1. The van der Waals surface area contributed by atoms with Crippen molar-refractivity contribution in [3.63, 3.8) is 0 Å². The first-order valence-corrected chi connectivity index (χ1v) is 9.50. The van der Waals surface area contributed by atoms with Gasteiger partial charge in [0, 0.05) is 30.4 Å². The predicted molar refractivity (Wildman–Crippen MR) is 106 cm³/mol. The van der Waals surface area contributed by atoms with E-state index < -0.39 is 22.8 Å². The fourth-order valence-corrected chi connectivity index (χ4v) is 3.65. The lowest BCUT2D eigenvalue weighted by Crippen LogP contribution is -2.32. The third-order valence-electron chi connectivity index (χ3n) is 5.01. The van der Waals surface area contributed by atoms with E-state index in [0.29, 0.717) is 12.2 Å². The maximum atomic E-state index is 15.0. The summed E-state index contributed by atoms with van der Waals surface area (Å²) in [7, 11) is 0. The molecule has 2 aromatic rings. The van der Waals surface area contributed by atoms with Crippen molar-refractivity contribution >= 4 is 22.8 Å². The third kappa shape index (κ3) is 3.48.